The maximum Gasteiger partial charge on any atom is 0.389 e. The number of amides is 2. The van der Waals surface area contributed by atoms with Crippen LogP contribution in [0.15, 0.2) is 42.9 Å². The minimum Gasteiger partial charge on any atom is -0.322 e. The summed E-state index contributed by atoms with van der Waals surface area (Å²) in [5.74, 6) is -0.832. The van der Waals surface area contributed by atoms with Crippen LogP contribution in [0, 0.1) is 11.3 Å². The fraction of sp³-hybridized carbons (Fsp3) is 0.273. The van der Waals surface area contributed by atoms with Crippen molar-refractivity contribution in [2.75, 3.05) is 16.8 Å². The summed E-state index contributed by atoms with van der Waals surface area (Å²) in [6.07, 6.45) is -1.13. The molecule has 174 valence electrons. The molecule has 2 amide bonds. The molecule has 9 nitrogen and oxygen atoms in total. The highest BCUT2D eigenvalue weighted by atomic mass is 19.4. The zero-order valence-corrected chi connectivity index (χ0v) is 17.7. The first kappa shape index (κ1) is 22.9. The van der Waals surface area contributed by atoms with E-state index < -0.39 is 24.4 Å². The SMILES string of the molecule is N#Cc1cccc(NC(=O)c2cnn3c2C(=O)N(c2cnc(CCCC(F)(F)F)cn2)CC3)c1. The van der Waals surface area contributed by atoms with Gasteiger partial charge in [0.1, 0.15) is 5.69 Å². The zero-order chi connectivity index (χ0) is 24.3. The Morgan fingerprint density at radius 2 is 2.00 bits per heavy atom. The second-order valence-corrected chi connectivity index (χ2v) is 7.57. The van der Waals surface area contributed by atoms with Gasteiger partial charge in [0.05, 0.1) is 48.0 Å². The van der Waals surface area contributed by atoms with Crippen molar-refractivity contribution >= 4 is 23.3 Å². The van der Waals surface area contributed by atoms with Gasteiger partial charge >= 0.3 is 6.18 Å². The largest absolute Gasteiger partial charge is 0.389 e. The number of carbonyl (C=O) groups excluding carboxylic acids is 2. The van der Waals surface area contributed by atoms with E-state index in [1.54, 1.807) is 18.2 Å². The number of nitrogens with one attached hydrogen (secondary N) is 1. The topological polar surface area (TPSA) is 117 Å². The second kappa shape index (κ2) is 9.30. The standard InChI is InChI=1S/C22H18F3N7O2/c23-22(24,25)6-2-5-16-11-28-18(13-27-16)31-7-8-32-19(21(31)34)17(12-29-32)20(33)30-15-4-1-3-14(9-15)10-26/h1,3-4,9,11-13H,2,5-8H2,(H,30,33). The minimum atomic E-state index is -4.22. The van der Waals surface area contributed by atoms with Gasteiger partial charge in [0.25, 0.3) is 11.8 Å². The molecule has 0 radical (unpaired) electrons. The van der Waals surface area contributed by atoms with Crippen LogP contribution in [-0.4, -0.2) is 44.3 Å². The Morgan fingerprint density at radius 3 is 2.71 bits per heavy atom. The van der Waals surface area contributed by atoms with E-state index in [-0.39, 0.29) is 36.5 Å². The quantitative estimate of drug-likeness (QED) is 0.592. The Kier molecular flexibility index (Phi) is 6.27. The molecule has 0 fully saturated rings. The first-order chi connectivity index (χ1) is 16.2. The minimum absolute atomic E-state index is 0.0637. The van der Waals surface area contributed by atoms with Gasteiger partial charge in [-0.25, -0.2) is 4.98 Å². The van der Waals surface area contributed by atoms with E-state index in [1.165, 1.54) is 34.2 Å². The van der Waals surface area contributed by atoms with Crippen molar-refractivity contribution in [1.29, 1.82) is 5.26 Å². The monoisotopic (exact) mass is 469 g/mol. The molecule has 0 saturated heterocycles. The number of carbonyl (C=O) groups is 2. The van der Waals surface area contributed by atoms with Gasteiger partial charge in [0.2, 0.25) is 0 Å². The molecule has 34 heavy (non-hydrogen) atoms. The highest BCUT2D eigenvalue weighted by Crippen LogP contribution is 2.24. The maximum atomic E-state index is 13.2. The summed E-state index contributed by atoms with van der Waals surface area (Å²) in [6.45, 7) is 0.550. The van der Waals surface area contributed by atoms with E-state index in [0.717, 1.165) is 0 Å². The summed E-state index contributed by atoms with van der Waals surface area (Å²) in [5.41, 5.74) is 1.31. The highest BCUT2D eigenvalue weighted by molar-refractivity contribution is 6.15. The normalized spacial score (nSPS) is 13.4. The fourth-order valence-electron chi connectivity index (χ4n) is 3.54. The second-order valence-electron chi connectivity index (χ2n) is 7.57. The molecule has 12 heteroatoms. The third-order valence-corrected chi connectivity index (χ3v) is 5.18. The Morgan fingerprint density at radius 1 is 1.18 bits per heavy atom. The first-order valence-electron chi connectivity index (χ1n) is 10.3. The number of fused-ring (bicyclic) bond motifs is 1. The van der Waals surface area contributed by atoms with Crippen LogP contribution >= 0.6 is 0 Å². The van der Waals surface area contributed by atoms with E-state index >= 15 is 0 Å². The molecule has 0 atom stereocenters. The van der Waals surface area contributed by atoms with Gasteiger partial charge in [-0.15, -0.1) is 0 Å². The van der Waals surface area contributed by atoms with Gasteiger partial charge in [0.15, 0.2) is 5.82 Å². The highest BCUT2D eigenvalue weighted by Gasteiger charge is 2.33. The van der Waals surface area contributed by atoms with E-state index in [0.29, 0.717) is 23.5 Å². The lowest BCUT2D eigenvalue weighted by Gasteiger charge is -2.27. The number of alkyl halides is 3. The lowest BCUT2D eigenvalue weighted by atomic mass is 10.1. The average molecular weight is 469 g/mol. The first-order valence-corrected chi connectivity index (χ1v) is 10.3. The number of halogens is 3. The summed E-state index contributed by atoms with van der Waals surface area (Å²) in [6, 6.07) is 8.34. The predicted octanol–water partition coefficient (Wildman–Crippen LogP) is 3.34. The Balaban J connectivity index is 1.48. The molecule has 1 N–H and O–H groups in total. The Labute approximate surface area is 191 Å². The number of hydrogen-bond acceptors (Lipinski definition) is 6. The lowest BCUT2D eigenvalue weighted by molar-refractivity contribution is -0.135. The molecule has 1 aliphatic heterocycles. The number of nitriles is 1. The Hall–Kier alpha value is -4.27. The van der Waals surface area contributed by atoms with Crippen molar-refractivity contribution in [2.24, 2.45) is 0 Å². The smallest absolute Gasteiger partial charge is 0.322 e. The van der Waals surface area contributed by atoms with Crippen LogP contribution in [-0.2, 0) is 13.0 Å². The molecule has 0 unspecified atom stereocenters. The van der Waals surface area contributed by atoms with Crippen LogP contribution in [0.3, 0.4) is 0 Å². The Bertz CT molecular complexity index is 1260. The molecular weight excluding hydrogens is 451 g/mol. The summed E-state index contributed by atoms with van der Waals surface area (Å²) in [4.78, 5) is 35.7. The molecule has 1 aliphatic rings. The van der Waals surface area contributed by atoms with E-state index in [2.05, 4.69) is 20.4 Å². The van der Waals surface area contributed by atoms with Crippen LogP contribution in [0.25, 0.3) is 0 Å². The average Bonchev–Trinajstić information content (AvgIpc) is 3.25. The predicted molar refractivity (Wildman–Crippen MR) is 114 cm³/mol. The molecule has 2 aromatic heterocycles. The molecular formula is C22H18F3N7O2. The van der Waals surface area contributed by atoms with Crippen molar-refractivity contribution < 1.29 is 22.8 Å². The summed E-state index contributed by atoms with van der Waals surface area (Å²) < 4.78 is 38.4. The van der Waals surface area contributed by atoms with Gasteiger partial charge in [-0.1, -0.05) is 6.07 Å². The molecule has 1 aromatic carbocycles. The van der Waals surface area contributed by atoms with Crippen LogP contribution in [0.4, 0.5) is 24.7 Å². The van der Waals surface area contributed by atoms with Crippen molar-refractivity contribution in [1.82, 2.24) is 19.7 Å². The van der Waals surface area contributed by atoms with E-state index in [9.17, 15) is 22.8 Å². The molecule has 3 aromatic rings. The van der Waals surface area contributed by atoms with Crippen LogP contribution in [0.2, 0.25) is 0 Å². The molecule has 0 aliphatic carbocycles. The third-order valence-electron chi connectivity index (χ3n) is 5.18. The van der Waals surface area contributed by atoms with Gasteiger partial charge in [-0.2, -0.15) is 23.5 Å². The summed E-state index contributed by atoms with van der Waals surface area (Å²) >= 11 is 0. The molecule has 0 saturated carbocycles. The lowest BCUT2D eigenvalue weighted by Crippen LogP contribution is -2.42. The molecule has 0 spiro atoms. The van der Waals surface area contributed by atoms with Crippen molar-refractivity contribution in [2.45, 2.75) is 32.0 Å². The number of aromatic nitrogens is 4. The van der Waals surface area contributed by atoms with Gasteiger partial charge in [-0.05, 0) is 31.0 Å². The third kappa shape index (κ3) is 5.03. The number of anilines is 2. The van der Waals surface area contributed by atoms with Gasteiger partial charge in [0, 0.05) is 18.7 Å². The van der Waals surface area contributed by atoms with E-state index in [1.807, 2.05) is 6.07 Å². The van der Waals surface area contributed by atoms with E-state index in [4.69, 9.17) is 5.26 Å². The van der Waals surface area contributed by atoms with Crippen molar-refractivity contribution in [3.05, 3.63) is 65.4 Å². The summed E-state index contributed by atoms with van der Waals surface area (Å²) in [7, 11) is 0. The van der Waals surface area contributed by atoms with Crippen LogP contribution < -0.4 is 10.2 Å². The van der Waals surface area contributed by atoms with Crippen molar-refractivity contribution in [3.8, 4) is 6.07 Å². The number of rotatable bonds is 6. The number of hydrogen-bond donors (Lipinski definition) is 1. The maximum absolute atomic E-state index is 13.2. The van der Waals surface area contributed by atoms with Crippen molar-refractivity contribution in [3.63, 3.8) is 0 Å². The number of aryl methyl sites for hydroxylation is 1. The van der Waals surface area contributed by atoms with Gasteiger partial charge in [-0.3, -0.25) is 24.2 Å². The number of nitrogens with zero attached hydrogens (tertiary/aromatic N) is 6. The molecule has 0 bridgehead atoms. The fourth-order valence-corrected chi connectivity index (χ4v) is 3.54. The van der Waals surface area contributed by atoms with Crippen LogP contribution in [0.5, 0.6) is 0 Å². The molecule has 3 heterocycles. The summed E-state index contributed by atoms with van der Waals surface area (Å²) in [5, 5.41) is 15.8. The van der Waals surface area contributed by atoms with Gasteiger partial charge < -0.3 is 5.32 Å². The molecule has 4 rings (SSSR count). The number of benzene rings is 1. The van der Waals surface area contributed by atoms with Crippen LogP contribution in [0.1, 0.15) is 44.9 Å². The zero-order valence-electron chi connectivity index (χ0n) is 17.7.